The van der Waals surface area contributed by atoms with Crippen LogP contribution in [-0.4, -0.2) is 44.7 Å². The van der Waals surface area contributed by atoms with Crippen LogP contribution in [0.4, 0.5) is 0 Å². The van der Waals surface area contributed by atoms with Crippen LogP contribution in [0.1, 0.15) is 25.7 Å². The van der Waals surface area contributed by atoms with Gasteiger partial charge in [0.2, 0.25) is 10.0 Å². The van der Waals surface area contributed by atoms with Crippen molar-refractivity contribution in [1.29, 1.82) is 0 Å². The second-order valence-electron chi connectivity index (χ2n) is 5.93. The highest BCUT2D eigenvalue weighted by atomic mass is 32.2. The molecule has 2 aliphatic rings. The van der Waals surface area contributed by atoms with Crippen molar-refractivity contribution in [3.8, 4) is 0 Å². The zero-order valence-corrected chi connectivity index (χ0v) is 13.5. The van der Waals surface area contributed by atoms with Crippen molar-refractivity contribution in [2.24, 2.45) is 0 Å². The molecule has 1 aromatic rings. The summed E-state index contributed by atoms with van der Waals surface area (Å²) in [5, 5.41) is -0.476. The average molecular weight is 329 g/mol. The Labute approximate surface area is 125 Å². The van der Waals surface area contributed by atoms with Gasteiger partial charge in [-0.15, -0.1) is 0 Å². The van der Waals surface area contributed by atoms with Gasteiger partial charge < -0.3 is 0 Å². The largest absolute Gasteiger partial charge is 0.223 e. The number of fused-ring (bicyclic) bond motifs is 2. The fourth-order valence-corrected chi connectivity index (χ4v) is 7.02. The summed E-state index contributed by atoms with van der Waals surface area (Å²) in [5.41, 5.74) is 0. The molecule has 2 heterocycles. The van der Waals surface area contributed by atoms with E-state index in [2.05, 4.69) is 0 Å². The molecule has 0 aromatic heterocycles. The molecule has 0 radical (unpaired) electrons. The third-order valence-electron chi connectivity index (χ3n) is 4.52. The number of nitrogens with zero attached hydrogens (tertiary/aromatic N) is 1. The zero-order chi connectivity index (χ0) is 15.3. The first kappa shape index (κ1) is 15.0. The Morgan fingerprint density at radius 1 is 0.952 bits per heavy atom. The van der Waals surface area contributed by atoms with E-state index in [9.17, 15) is 16.8 Å². The standard InChI is InChI=1S/C14H19NO4S2/c1-20(16,17)15-11-7-8-12(15)10-14(9-11)21(18,19)13-5-3-2-4-6-13/h2-6,11-12,14H,7-10H2,1H3/t11-,12-/m0/s1. The topological polar surface area (TPSA) is 71.5 Å². The van der Waals surface area contributed by atoms with Crippen molar-refractivity contribution >= 4 is 19.9 Å². The monoisotopic (exact) mass is 329 g/mol. The molecule has 21 heavy (non-hydrogen) atoms. The van der Waals surface area contributed by atoms with Gasteiger partial charge in [0.25, 0.3) is 0 Å². The minimum atomic E-state index is -3.38. The van der Waals surface area contributed by atoms with E-state index < -0.39 is 25.1 Å². The van der Waals surface area contributed by atoms with Crippen LogP contribution < -0.4 is 0 Å². The zero-order valence-electron chi connectivity index (χ0n) is 11.8. The molecule has 0 saturated carbocycles. The van der Waals surface area contributed by atoms with Gasteiger partial charge in [-0.2, -0.15) is 4.31 Å². The predicted molar refractivity (Wildman–Crippen MR) is 80.1 cm³/mol. The Kier molecular flexibility index (Phi) is 3.62. The molecular formula is C14H19NO4S2. The number of benzene rings is 1. The van der Waals surface area contributed by atoms with Crippen LogP contribution in [0.2, 0.25) is 0 Å². The van der Waals surface area contributed by atoms with E-state index >= 15 is 0 Å². The molecule has 1 aromatic carbocycles. The molecule has 0 amide bonds. The average Bonchev–Trinajstić information content (AvgIpc) is 2.71. The van der Waals surface area contributed by atoms with E-state index in [0.29, 0.717) is 17.7 Å². The summed E-state index contributed by atoms with van der Waals surface area (Å²) in [6, 6.07) is 8.11. The predicted octanol–water partition coefficient (Wildman–Crippen LogP) is 1.42. The van der Waals surface area contributed by atoms with Gasteiger partial charge in [-0.3, -0.25) is 0 Å². The van der Waals surface area contributed by atoms with Crippen molar-refractivity contribution in [3.05, 3.63) is 30.3 Å². The number of hydrogen-bond acceptors (Lipinski definition) is 4. The van der Waals surface area contributed by atoms with E-state index in [1.807, 2.05) is 0 Å². The van der Waals surface area contributed by atoms with E-state index in [1.165, 1.54) is 10.6 Å². The van der Waals surface area contributed by atoms with Crippen LogP contribution in [0.3, 0.4) is 0 Å². The highest BCUT2D eigenvalue weighted by molar-refractivity contribution is 7.92. The molecule has 2 bridgehead atoms. The third kappa shape index (κ3) is 2.62. The quantitative estimate of drug-likeness (QED) is 0.841. The van der Waals surface area contributed by atoms with Gasteiger partial charge in [0.15, 0.2) is 9.84 Å². The molecule has 0 unspecified atom stereocenters. The summed E-state index contributed by atoms with van der Waals surface area (Å²) in [6.07, 6.45) is 3.54. The van der Waals surface area contributed by atoms with Crippen LogP contribution in [0, 0.1) is 0 Å². The lowest BCUT2D eigenvalue weighted by atomic mass is 10.1. The van der Waals surface area contributed by atoms with Crippen LogP contribution in [-0.2, 0) is 19.9 Å². The van der Waals surface area contributed by atoms with Crippen LogP contribution >= 0.6 is 0 Å². The number of rotatable bonds is 3. The number of sulfone groups is 1. The van der Waals surface area contributed by atoms with Crippen molar-refractivity contribution in [3.63, 3.8) is 0 Å². The maximum absolute atomic E-state index is 12.7. The van der Waals surface area contributed by atoms with Crippen molar-refractivity contribution < 1.29 is 16.8 Å². The molecule has 5 nitrogen and oxygen atoms in total. The fourth-order valence-electron chi connectivity index (χ4n) is 3.68. The molecule has 2 atom stereocenters. The lowest BCUT2D eigenvalue weighted by Gasteiger charge is -2.36. The minimum absolute atomic E-state index is 0.165. The van der Waals surface area contributed by atoms with Gasteiger partial charge in [-0.1, -0.05) is 18.2 Å². The second-order valence-corrected chi connectivity index (χ2v) is 10.0. The SMILES string of the molecule is CS(=O)(=O)N1[C@H]2CC[C@H]1CC(S(=O)(=O)c1ccccc1)C2. The molecule has 2 fully saturated rings. The van der Waals surface area contributed by atoms with Gasteiger partial charge in [0, 0.05) is 12.1 Å². The summed E-state index contributed by atoms with van der Waals surface area (Å²) < 4.78 is 50.6. The van der Waals surface area contributed by atoms with Gasteiger partial charge in [-0.25, -0.2) is 16.8 Å². The molecule has 2 aliphatic heterocycles. The highest BCUT2D eigenvalue weighted by Crippen LogP contribution is 2.41. The number of hydrogen-bond donors (Lipinski definition) is 0. The molecule has 7 heteroatoms. The normalized spacial score (nSPS) is 30.4. The van der Waals surface area contributed by atoms with E-state index in [-0.39, 0.29) is 12.1 Å². The molecule has 116 valence electrons. The van der Waals surface area contributed by atoms with Gasteiger partial charge >= 0.3 is 0 Å². The first-order chi connectivity index (χ1) is 9.80. The maximum Gasteiger partial charge on any atom is 0.211 e. The van der Waals surface area contributed by atoms with Crippen molar-refractivity contribution in [2.45, 2.75) is 47.9 Å². The fraction of sp³-hybridized carbons (Fsp3) is 0.571. The number of sulfonamides is 1. The van der Waals surface area contributed by atoms with Crippen molar-refractivity contribution in [1.82, 2.24) is 4.31 Å². The van der Waals surface area contributed by atoms with Gasteiger partial charge in [0.1, 0.15) is 0 Å². The molecule has 3 rings (SSSR count). The van der Waals surface area contributed by atoms with E-state index in [4.69, 9.17) is 0 Å². The Morgan fingerprint density at radius 3 is 1.95 bits per heavy atom. The molecule has 0 aliphatic carbocycles. The number of piperidine rings is 1. The maximum atomic E-state index is 12.7. The molecule has 0 N–H and O–H groups in total. The third-order valence-corrected chi connectivity index (χ3v) is 8.07. The Hall–Kier alpha value is -0.920. The van der Waals surface area contributed by atoms with E-state index in [0.717, 1.165) is 12.8 Å². The second kappa shape index (κ2) is 5.07. The van der Waals surface area contributed by atoms with Crippen LogP contribution in [0.25, 0.3) is 0 Å². The Morgan fingerprint density at radius 2 is 1.48 bits per heavy atom. The Bertz CT molecular complexity index is 713. The summed E-state index contributed by atoms with van der Waals surface area (Å²) in [6.45, 7) is 0. The van der Waals surface area contributed by atoms with Gasteiger partial charge in [-0.05, 0) is 37.8 Å². The minimum Gasteiger partial charge on any atom is -0.223 e. The lowest BCUT2D eigenvalue weighted by Crippen LogP contribution is -2.49. The first-order valence-corrected chi connectivity index (χ1v) is 10.5. The van der Waals surface area contributed by atoms with E-state index in [1.54, 1.807) is 30.3 Å². The molecular weight excluding hydrogens is 310 g/mol. The first-order valence-electron chi connectivity index (χ1n) is 7.07. The summed E-state index contributed by atoms with van der Waals surface area (Å²) >= 11 is 0. The van der Waals surface area contributed by atoms with Crippen LogP contribution in [0.5, 0.6) is 0 Å². The Balaban J connectivity index is 1.89. The highest BCUT2D eigenvalue weighted by Gasteiger charge is 2.48. The summed E-state index contributed by atoms with van der Waals surface area (Å²) in [4.78, 5) is 0.335. The molecule has 2 saturated heterocycles. The summed E-state index contributed by atoms with van der Waals surface area (Å²) in [5.74, 6) is 0. The summed E-state index contributed by atoms with van der Waals surface area (Å²) in [7, 11) is -6.64. The molecule has 0 spiro atoms. The van der Waals surface area contributed by atoms with Crippen molar-refractivity contribution in [2.75, 3.05) is 6.26 Å². The smallest absolute Gasteiger partial charge is 0.211 e. The lowest BCUT2D eigenvalue weighted by molar-refractivity contribution is 0.250. The van der Waals surface area contributed by atoms with Gasteiger partial charge in [0.05, 0.1) is 16.4 Å². The van der Waals surface area contributed by atoms with Crippen LogP contribution in [0.15, 0.2) is 35.2 Å².